The first-order valence-corrected chi connectivity index (χ1v) is 4.38. The largest absolute Gasteiger partial charge is 0.469 e. The van der Waals surface area contributed by atoms with E-state index in [2.05, 4.69) is 9.84 Å². The van der Waals surface area contributed by atoms with Gasteiger partial charge in [-0.15, -0.1) is 0 Å². The van der Waals surface area contributed by atoms with Crippen molar-refractivity contribution in [3.05, 3.63) is 22.0 Å². The first kappa shape index (κ1) is 12.1. The molecule has 0 aliphatic heterocycles. The summed E-state index contributed by atoms with van der Waals surface area (Å²) in [4.78, 5) is 20.9. The van der Waals surface area contributed by atoms with E-state index in [0.29, 0.717) is 0 Å². The Hall–Kier alpha value is -1.96. The van der Waals surface area contributed by atoms with E-state index in [4.69, 9.17) is 0 Å². The van der Waals surface area contributed by atoms with Gasteiger partial charge >= 0.3 is 11.7 Å². The number of carbonyl (C=O) groups is 1. The van der Waals surface area contributed by atoms with Gasteiger partial charge in [-0.2, -0.15) is 5.10 Å². The fourth-order valence-electron chi connectivity index (χ4n) is 1.30. The van der Waals surface area contributed by atoms with Crippen LogP contribution >= 0.6 is 0 Å². The number of hydrogen-bond donors (Lipinski definition) is 1. The Morgan fingerprint density at radius 3 is 2.94 bits per heavy atom. The molecule has 1 rings (SSSR count). The van der Waals surface area contributed by atoms with Crippen LogP contribution in [-0.2, 0) is 16.6 Å². The average molecular weight is 229 g/mol. The maximum absolute atomic E-state index is 10.9. The maximum atomic E-state index is 10.9. The van der Waals surface area contributed by atoms with Crippen molar-refractivity contribution in [1.82, 2.24) is 9.78 Å². The number of aliphatic hydroxyl groups is 1. The van der Waals surface area contributed by atoms with Crippen LogP contribution in [-0.4, -0.2) is 32.9 Å². The van der Waals surface area contributed by atoms with Gasteiger partial charge in [0.25, 0.3) is 0 Å². The van der Waals surface area contributed by atoms with Crippen molar-refractivity contribution in [1.29, 1.82) is 0 Å². The van der Waals surface area contributed by atoms with Crippen LogP contribution in [0.15, 0.2) is 6.20 Å². The lowest BCUT2D eigenvalue weighted by molar-refractivity contribution is -0.386. The number of nitrogens with zero attached hydrogens (tertiary/aromatic N) is 3. The third-order valence-electron chi connectivity index (χ3n) is 2.06. The number of methoxy groups -OCH3 is 1. The van der Waals surface area contributed by atoms with Crippen LogP contribution < -0.4 is 0 Å². The molecule has 16 heavy (non-hydrogen) atoms. The number of rotatable bonds is 4. The van der Waals surface area contributed by atoms with Gasteiger partial charge in [-0.05, 0) is 0 Å². The predicted octanol–water partition coefficient (Wildman–Crippen LogP) is -0.0752. The number of carbonyl (C=O) groups excluding carboxylic acids is 1. The smallest absolute Gasteiger partial charge is 0.312 e. The van der Waals surface area contributed by atoms with Gasteiger partial charge in [0, 0.05) is 7.05 Å². The summed E-state index contributed by atoms with van der Waals surface area (Å²) < 4.78 is 5.52. The van der Waals surface area contributed by atoms with E-state index in [1.807, 2.05) is 0 Å². The van der Waals surface area contributed by atoms with Crippen LogP contribution in [0.5, 0.6) is 0 Å². The van der Waals surface area contributed by atoms with Gasteiger partial charge in [-0.1, -0.05) is 0 Å². The van der Waals surface area contributed by atoms with Crippen LogP contribution in [0.25, 0.3) is 0 Å². The van der Waals surface area contributed by atoms with E-state index in [0.717, 1.165) is 10.9 Å². The molecule has 1 aromatic heterocycles. The first-order valence-electron chi connectivity index (χ1n) is 4.38. The van der Waals surface area contributed by atoms with Gasteiger partial charge in [0.05, 0.1) is 18.5 Å². The zero-order valence-electron chi connectivity index (χ0n) is 8.78. The lowest BCUT2D eigenvalue weighted by Gasteiger charge is -2.08. The van der Waals surface area contributed by atoms with Crippen molar-refractivity contribution in [3.63, 3.8) is 0 Å². The molecule has 8 nitrogen and oxygen atoms in total. The number of aromatic nitrogens is 2. The maximum Gasteiger partial charge on any atom is 0.312 e. The second kappa shape index (κ2) is 4.71. The lowest BCUT2D eigenvalue weighted by atomic mass is 10.1. The van der Waals surface area contributed by atoms with E-state index in [-0.39, 0.29) is 17.8 Å². The average Bonchev–Trinajstić information content (AvgIpc) is 2.59. The molecule has 0 spiro atoms. The van der Waals surface area contributed by atoms with E-state index in [9.17, 15) is 20.0 Å². The predicted molar refractivity (Wildman–Crippen MR) is 51.5 cm³/mol. The van der Waals surface area contributed by atoms with E-state index >= 15 is 0 Å². The third kappa shape index (κ3) is 2.34. The van der Waals surface area contributed by atoms with Gasteiger partial charge in [-0.25, -0.2) is 0 Å². The molecule has 1 atom stereocenters. The molecule has 1 aromatic rings. The number of aryl methyl sites for hydroxylation is 1. The number of nitro groups is 1. The number of aliphatic hydroxyl groups excluding tert-OH is 1. The normalized spacial score (nSPS) is 12.2. The van der Waals surface area contributed by atoms with Gasteiger partial charge in [0.1, 0.15) is 18.0 Å². The van der Waals surface area contributed by atoms with Crippen LogP contribution in [0.1, 0.15) is 18.2 Å². The molecular formula is C8H11N3O5. The highest BCUT2D eigenvalue weighted by molar-refractivity contribution is 5.70. The standard InChI is InChI=1S/C8H11N3O5/c1-10-8(5(4-9-10)11(14)15)6(12)3-7(13)16-2/h4,6,12H,3H2,1-2H3. The number of ether oxygens (including phenoxy) is 1. The Morgan fingerprint density at radius 1 is 1.81 bits per heavy atom. The highest BCUT2D eigenvalue weighted by Crippen LogP contribution is 2.26. The van der Waals surface area contributed by atoms with Crippen molar-refractivity contribution in [2.45, 2.75) is 12.5 Å². The van der Waals surface area contributed by atoms with Crippen LogP contribution in [0.4, 0.5) is 5.69 Å². The second-order valence-electron chi connectivity index (χ2n) is 3.09. The molecule has 0 bridgehead atoms. The summed E-state index contributed by atoms with van der Waals surface area (Å²) in [5.41, 5.74) is -0.339. The Bertz CT molecular complexity index is 414. The van der Waals surface area contributed by atoms with Gasteiger partial charge < -0.3 is 9.84 Å². The molecule has 1 N–H and O–H groups in total. The van der Waals surface area contributed by atoms with E-state index in [1.165, 1.54) is 14.2 Å². The molecule has 0 radical (unpaired) electrons. The molecule has 8 heteroatoms. The molecule has 0 fully saturated rings. The molecule has 0 saturated carbocycles. The molecular weight excluding hydrogens is 218 g/mol. The summed E-state index contributed by atoms with van der Waals surface area (Å²) in [6.07, 6.45) is -0.632. The molecule has 0 saturated heterocycles. The highest BCUT2D eigenvalue weighted by Gasteiger charge is 2.27. The van der Waals surface area contributed by atoms with Gasteiger partial charge in [-0.3, -0.25) is 19.6 Å². The van der Waals surface area contributed by atoms with Gasteiger partial charge in [0.2, 0.25) is 0 Å². The lowest BCUT2D eigenvalue weighted by Crippen LogP contribution is -2.13. The van der Waals surface area contributed by atoms with Crippen molar-refractivity contribution < 1.29 is 19.6 Å². The molecule has 0 aromatic carbocycles. The third-order valence-corrected chi connectivity index (χ3v) is 2.06. The molecule has 88 valence electrons. The summed E-state index contributed by atoms with van der Waals surface area (Å²) in [7, 11) is 2.62. The number of hydrogen-bond acceptors (Lipinski definition) is 6. The summed E-state index contributed by atoms with van der Waals surface area (Å²) in [5, 5.41) is 23.9. The van der Waals surface area contributed by atoms with Crippen molar-refractivity contribution in [2.75, 3.05) is 7.11 Å². The van der Waals surface area contributed by atoms with Crippen molar-refractivity contribution in [3.8, 4) is 0 Å². The Morgan fingerprint density at radius 2 is 2.44 bits per heavy atom. The molecule has 0 aliphatic carbocycles. The molecule has 1 unspecified atom stereocenters. The topological polar surface area (TPSA) is 107 Å². The minimum Gasteiger partial charge on any atom is -0.469 e. The summed E-state index contributed by atoms with van der Waals surface area (Å²) in [6, 6.07) is 0. The summed E-state index contributed by atoms with van der Waals surface area (Å²) in [6.45, 7) is 0. The summed E-state index contributed by atoms with van der Waals surface area (Å²) >= 11 is 0. The van der Waals surface area contributed by atoms with Crippen molar-refractivity contribution in [2.24, 2.45) is 7.05 Å². The number of esters is 1. The van der Waals surface area contributed by atoms with E-state index < -0.39 is 17.0 Å². The minimum absolute atomic E-state index is 0.0181. The summed E-state index contributed by atoms with van der Waals surface area (Å²) in [5.74, 6) is -0.650. The fraction of sp³-hybridized carbons (Fsp3) is 0.500. The van der Waals surface area contributed by atoms with E-state index in [1.54, 1.807) is 0 Å². The SMILES string of the molecule is COC(=O)CC(O)c1c([N+](=O)[O-])cnn1C. The molecule has 0 aliphatic rings. The highest BCUT2D eigenvalue weighted by atomic mass is 16.6. The monoisotopic (exact) mass is 229 g/mol. The Balaban J connectivity index is 2.97. The second-order valence-corrected chi connectivity index (χ2v) is 3.09. The van der Waals surface area contributed by atoms with Crippen LogP contribution in [0.3, 0.4) is 0 Å². The van der Waals surface area contributed by atoms with Gasteiger partial charge in [0.15, 0.2) is 0 Å². The molecule has 0 amide bonds. The molecule has 1 heterocycles. The Labute approximate surface area is 90.6 Å². The van der Waals surface area contributed by atoms with Crippen LogP contribution in [0, 0.1) is 10.1 Å². The quantitative estimate of drug-likeness (QED) is 0.439. The minimum atomic E-state index is -1.31. The van der Waals surface area contributed by atoms with Crippen molar-refractivity contribution >= 4 is 11.7 Å². The van der Waals surface area contributed by atoms with Crippen LogP contribution in [0.2, 0.25) is 0 Å². The Kier molecular flexibility index (Phi) is 3.56. The zero-order chi connectivity index (χ0) is 12.3. The first-order chi connectivity index (χ1) is 7.47. The zero-order valence-corrected chi connectivity index (χ0v) is 8.78. The fourth-order valence-corrected chi connectivity index (χ4v) is 1.30.